The average Bonchev–Trinajstić information content (AvgIpc) is 2.97. The van der Waals surface area contributed by atoms with Crippen molar-refractivity contribution >= 4 is 21.4 Å². The fourth-order valence-electron chi connectivity index (χ4n) is 2.34. The number of thiophene rings is 1. The first-order valence-electron chi connectivity index (χ1n) is 6.34. The predicted molar refractivity (Wildman–Crippen MR) is 77.9 cm³/mol. The molecule has 1 aliphatic rings. The minimum Gasteiger partial charge on any atom is -0.315 e. The molecule has 1 saturated heterocycles. The molecule has 1 aromatic heterocycles. The third-order valence-corrected chi connectivity index (χ3v) is 6.52. The summed E-state index contributed by atoms with van der Waals surface area (Å²) >= 11 is 1.49. The van der Waals surface area contributed by atoms with Crippen LogP contribution in [0.4, 0.5) is 0 Å². The molecule has 7 heteroatoms. The van der Waals surface area contributed by atoms with Gasteiger partial charge < -0.3 is 10.2 Å². The number of nitrogens with zero attached hydrogens (tertiary/aromatic N) is 2. The van der Waals surface area contributed by atoms with Gasteiger partial charge in [-0.2, -0.15) is 4.31 Å². The summed E-state index contributed by atoms with van der Waals surface area (Å²) in [5, 5.41) is 4.87. The molecule has 0 radical (unpaired) electrons. The zero-order valence-electron chi connectivity index (χ0n) is 11.6. The number of likely N-dealkylation sites (N-methyl/N-ethyl adjacent to an activating group) is 1. The Morgan fingerprint density at radius 3 is 2.84 bits per heavy atom. The van der Waals surface area contributed by atoms with Gasteiger partial charge in [0.15, 0.2) is 0 Å². The van der Waals surface area contributed by atoms with E-state index in [4.69, 9.17) is 0 Å². The number of rotatable bonds is 5. The van der Waals surface area contributed by atoms with E-state index in [1.54, 1.807) is 10.4 Å². The van der Waals surface area contributed by atoms with Gasteiger partial charge in [0.25, 0.3) is 0 Å². The van der Waals surface area contributed by atoms with Crippen LogP contribution in [0.15, 0.2) is 16.3 Å². The quantitative estimate of drug-likeness (QED) is 0.874. The first-order chi connectivity index (χ1) is 8.96. The summed E-state index contributed by atoms with van der Waals surface area (Å²) in [6.45, 7) is 1.79. The fourth-order valence-corrected chi connectivity index (χ4v) is 5.26. The summed E-state index contributed by atoms with van der Waals surface area (Å²) in [7, 11) is 2.49. The van der Waals surface area contributed by atoms with Crippen molar-refractivity contribution < 1.29 is 8.42 Å². The normalized spacial score (nSPS) is 21.4. The Bertz CT molecular complexity index is 525. The first kappa shape index (κ1) is 14.9. The molecule has 0 saturated carbocycles. The molecule has 2 rings (SSSR count). The number of sulfonamides is 1. The maximum absolute atomic E-state index is 12.6. The highest BCUT2D eigenvalue weighted by Gasteiger charge is 2.34. The van der Waals surface area contributed by atoms with E-state index >= 15 is 0 Å². The number of hydrogen-bond acceptors (Lipinski definition) is 5. The van der Waals surface area contributed by atoms with Crippen LogP contribution >= 0.6 is 11.3 Å². The predicted octanol–water partition coefficient (Wildman–Crippen LogP) is 0.792. The van der Waals surface area contributed by atoms with Crippen LogP contribution in [0.5, 0.6) is 0 Å². The van der Waals surface area contributed by atoms with Gasteiger partial charge in [-0.1, -0.05) is 0 Å². The summed E-state index contributed by atoms with van der Waals surface area (Å²) in [5.74, 6) is 0. The smallest absolute Gasteiger partial charge is 0.244 e. The second-order valence-corrected chi connectivity index (χ2v) is 7.91. The zero-order valence-corrected chi connectivity index (χ0v) is 13.2. The van der Waals surface area contributed by atoms with Crippen LogP contribution in [0, 0.1) is 0 Å². The van der Waals surface area contributed by atoms with Gasteiger partial charge in [0.05, 0.1) is 4.90 Å². The van der Waals surface area contributed by atoms with E-state index in [9.17, 15) is 8.42 Å². The third kappa shape index (κ3) is 3.00. The molecular weight excluding hydrogens is 282 g/mol. The van der Waals surface area contributed by atoms with E-state index in [0.29, 0.717) is 30.6 Å². The minimum atomic E-state index is -3.34. The Labute approximate surface area is 119 Å². The lowest BCUT2D eigenvalue weighted by Crippen LogP contribution is -2.34. The molecule has 2 heterocycles. The summed E-state index contributed by atoms with van der Waals surface area (Å²) in [6, 6.07) is 2.04. The zero-order chi connectivity index (χ0) is 14.0. The second-order valence-electron chi connectivity index (χ2n) is 5.01. The molecular formula is C12H21N3O2S2. The van der Waals surface area contributed by atoms with Gasteiger partial charge in [-0.05, 0) is 39.0 Å². The molecule has 19 heavy (non-hydrogen) atoms. The van der Waals surface area contributed by atoms with Gasteiger partial charge in [0, 0.05) is 30.6 Å². The van der Waals surface area contributed by atoms with Crippen LogP contribution < -0.4 is 5.32 Å². The molecule has 0 aliphatic carbocycles. The molecule has 1 N–H and O–H groups in total. The SMILES string of the molecule is CNCc1sccc1S(=O)(=O)N1CCC(N(C)C)C1. The fraction of sp³-hybridized carbons (Fsp3) is 0.667. The molecule has 1 aliphatic heterocycles. The molecule has 108 valence electrons. The van der Waals surface area contributed by atoms with Crippen molar-refractivity contribution in [1.29, 1.82) is 0 Å². The molecule has 0 amide bonds. The van der Waals surface area contributed by atoms with Crippen molar-refractivity contribution in [3.8, 4) is 0 Å². The maximum atomic E-state index is 12.6. The van der Waals surface area contributed by atoms with Crippen LogP contribution in [0.2, 0.25) is 0 Å². The summed E-state index contributed by atoms with van der Waals surface area (Å²) in [6.07, 6.45) is 0.901. The highest BCUT2D eigenvalue weighted by molar-refractivity contribution is 7.89. The highest BCUT2D eigenvalue weighted by Crippen LogP contribution is 2.28. The largest absolute Gasteiger partial charge is 0.315 e. The third-order valence-electron chi connectivity index (χ3n) is 3.52. The molecule has 1 unspecified atom stereocenters. The van der Waals surface area contributed by atoms with Crippen LogP contribution in [-0.4, -0.2) is 57.9 Å². The lowest BCUT2D eigenvalue weighted by atomic mass is 10.2. The molecule has 0 aromatic carbocycles. The van der Waals surface area contributed by atoms with Crippen molar-refractivity contribution in [2.75, 3.05) is 34.2 Å². The van der Waals surface area contributed by atoms with E-state index in [0.717, 1.165) is 11.3 Å². The maximum Gasteiger partial charge on any atom is 0.244 e. The number of hydrogen-bond donors (Lipinski definition) is 1. The Morgan fingerprint density at radius 1 is 1.53 bits per heavy atom. The first-order valence-corrected chi connectivity index (χ1v) is 8.66. The van der Waals surface area contributed by atoms with Crippen LogP contribution in [-0.2, 0) is 16.6 Å². The molecule has 1 aromatic rings. The summed E-state index contributed by atoms with van der Waals surface area (Å²) < 4.78 is 26.9. The topological polar surface area (TPSA) is 52.7 Å². The van der Waals surface area contributed by atoms with Gasteiger partial charge in [-0.3, -0.25) is 0 Å². The molecule has 0 spiro atoms. The van der Waals surface area contributed by atoms with E-state index in [-0.39, 0.29) is 0 Å². The summed E-state index contributed by atoms with van der Waals surface area (Å²) in [4.78, 5) is 3.44. The van der Waals surface area contributed by atoms with Crippen LogP contribution in [0.25, 0.3) is 0 Å². The van der Waals surface area contributed by atoms with Gasteiger partial charge in [0.1, 0.15) is 0 Å². The van der Waals surface area contributed by atoms with Gasteiger partial charge >= 0.3 is 0 Å². The average molecular weight is 303 g/mol. The highest BCUT2D eigenvalue weighted by atomic mass is 32.2. The van der Waals surface area contributed by atoms with Crippen LogP contribution in [0.1, 0.15) is 11.3 Å². The molecule has 1 atom stereocenters. The van der Waals surface area contributed by atoms with Crippen molar-refractivity contribution in [2.24, 2.45) is 0 Å². The van der Waals surface area contributed by atoms with Crippen molar-refractivity contribution in [3.63, 3.8) is 0 Å². The standard InChI is InChI=1S/C12H21N3O2S2/c1-13-8-11-12(5-7-18-11)19(16,17)15-6-4-10(9-15)14(2)3/h5,7,10,13H,4,6,8-9H2,1-3H3. The Kier molecular flexibility index (Phi) is 4.62. The van der Waals surface area contributed by atoms with E-state index in [1.807, 2.05) is 26.5 Å². The lowest BCUT2D eigenvalue weighted by molar-refractivity contribution is 0.302. The molecule has 0 bridgehead atoms. The monoisotopic (exact) mass is 303 g/mol. The second kappa shape index (κ2) is 5.88. The Morgan fingerprint density at radius 2 is 2.26 bits per heavy atom. The van der Waals surface area contributed by atoms with Crippen LogP contribution in [0.3, 0.4) is 0 Å². The minimum absolute atomic E-state index is 0.321. The van der Waals surface area contributed by atoms with E-state index in [2.05, 4.69) is 10.2 Å². The van der Waals surface area contributed by atoms with Gasteiger partial charge in [-0.25, -0.2) is 8.42 Å². The number of nitrogens with one attached hydrogen (secondary N) is 1. The molecule has 5 nitrogen and oxygen atoms in total. The van der Waals surface area contributed by atoms with Crippen molar-refractivity contribution in [3.05, 3.63) is 16.3 Å². The van der Waals surface area contributed by atoms with Crippen molar-refractivity contribution in [1.82, 2.24) is 14.5 Å². The lowest BCUT2D eigenvalue weighted by Gasteiger charge is -2.20. The summed E-state index contributed by atoms with van der Waals surface area (Å²) in [5.41, 5.74) is 0. The van der Waals surface area contributed by atoms with Crippen molar-refractivity contribution in [2.45, 2.75) is 23.9 Å². The van der Waals surface area contributed by atoms with Gasteiger partial charge in [0.2, 0.25) is 10.0 Å². The van der Waals surface area contributed by atoms with Gasteiger partial charge in [-0.15, -0.1) is 11.3 Å². The van der Waals surface area contributed by atoms with E-state index < -0.39 is 10.0 Å². The Balaban J connectivity index is 2.21. The molecule has 1 fully saturated rings. The van der Waals surface area contributed by atoms with E-state index in [1.165, 1.54) is 11.3 Å². The Hall–Kier alpha value is -0.470.